The van der Waals surface area contributed by atoms with Crippen molar-refractivity contribution < 1.29 is 96.1 Å². The fourth-order valence-corrected chi connectivity index (χ4v) is 8.31. The van der Waals surface area contributed by atoms with E-state index in [2.05, 4.69) is 30.0 Å². The number of hydrogen-bond acceptors (Lipinski definition) is 19. The van der Waals surface area contributed by atoms with Crippen LogP contribution >= 0.6 is 45.8 Å². The van der Waals surface area contributed by atoms with E-state index in [0.717, 1.165) is 42.5 Å². The van der Waals surface area contributed by atoms with Crippen LogP contribution in [0.1, 0.15) is 44.6 Å². The van der Waals surface area contributed by atoms with Crippen molar-refractivity contribution in [1.29, 1.82) is 0 Å². The van der Waals surface area contributed by atoms with Gasteiger partial charge in [-0.1, -0.05) is 23.2 Å². The topological polar surface area (TPSA) is 334 Å². The minimum Gasteiger partial charge on any atom is -0.479 e. The monoisotopic (exact) mass is 1310 g/mol. The van der Waals surface area contributed by atoms with Gasteiger partial charge in [0.15, 0.2) is 6.10 Å². The molecule has 0 saturated heterocycles. The lowest BCUT2D eigenvalue weighted by Gasteiger charge is -2.13. The Kier molecular flexibility index (Phi) is 21.5. The van der Waals surface area contributed by atoms with E-state index >= 15 is 0 Å². The fourth-order valence-electron chi connectivity index (χ4n) is 5.61. The second-order valence-electron chi connectivity index (χ2n) is 14.9. The van der Waals surface area contributed by atoms with Gasteiger partial charge in [0, 0.05) is 21.9 Å². The molecule has 35 heteroatoms. The molecule has 0 saturated carbocycles. The van der Waals surface area contributed by atoms with Crippen molar-refractivity contribution >= 4 is 101 Å². The van der Waals surface area contributed by atoms with Crippen molar-refractivity contribution in [3.63, 3.8) is 0 Å². The maximum absolute atomic E-state index is 12.7. The van der Waals surface area contributed by atoms with E-state index in [4.69, 9.17) is 47.3 Å². The van der Waals surface area contributed by atoms with Gasteiger partial charge in [0.25, 0.3) is 21.6 Å². The summed E-state index contributed by atoms with van der Waals surface area (Å²) in [6.07, 6.45) is -8.63. The van der Waals surface area contributed by atoms with Gasteiger partial charge in [0.2, 0.25) is 21.9 Å². The number of aromatic carboxylic acids is 1. The standard InChI is InChI=1S/C16H13ClF3NO4.C15H10ClF3N2O6S.C13H12IN5O6S/c1-9(15(22)23-2)24-11-3-5-12(6-4-11)25-14-13(17)7-10(8-21-14)16(18,19)20;1-28(25,26)20-14(22)10-7-9(3-4-12(10)21(23)24)27-13-5-2-8(6-11(13)16)15(17,18)19;1-6-15-11(18-13(16-6)25-2)17-12(22)19-26(23,24)9-5-7(14)3-4-8(9)10(20)21/h3-9H,1-2H3;2-7H,1H3,(H,20,22);3-5H,1-2H3,(H,20,21)(H2,15,16,17,18,19,22)/t9-;;/m1../s1. The Morgan fingerprint density at radius 1 is 0.772 bits per heavy atom. The molecule has 79 heavy (non-hydrogen) atoms. The average Bonchev–Trinajstić information content (AvgIpc) is 3.34. The van der Waals surface area contributed by atoms with Crippen LogP contribution in [0.25, 0.3) is 0 Å². The second-order valence-corrected chi connectivity index (χ2v) is 20.4. The quantitative estimate of drug-likeness (QED) is 0.0244. The molecular weight excluding hydrogens is 1270 g/mol. The maximum atomic E-state index is 12.7. The lowest BCUT2D eigenvalue weighted by molar-refractivity contribution is -0.385. The molecule has 422 valence electrons. The summed E-state index contributed by atoms with van der Waals surface area (Å²) in [4.78, 5) is 71.1. The van der Waals surface area contributed by atoms with Gasteiger partial charge in [0.1, 0.15) is 44.3 Å². The highest BCUT2D eigenvalue weighted by molar-refractivity contribution is 14.1. The molecule has 0 bridgehead atoms. The number of nitrogens with one attached hydrogen (secondary N) is 3. The molecule has 6 aromatic rings. The van der Waals surface area contributed by atoms with Gasteiger partial charge < -0.3 is 28.8 Å². The molecule has 0 unspecified atom stereocenters. The number of aryl methyl sites for hydroxylation is 1. The zero-order valence-electron chi connectivity index (χ0n) is 40.3. The zero-order chi connectivity index (χ0) is 59.4. The summed E-state index contributed by atoms with van der Waals surface area (Å²) in [7, 11) is -5.89. The summed E-state index contributed by atoms with van der Waals surface area (Å²) < 4.78 is 152. The number of pyridine rings is 1. The highest BCUT2D eigenvalue weighted by atomic mass is 127. The third-order valence-corrected chi connectivity index (χ3v) is 12.2. The molecular formula is C44H35Cl2F6IN8O16S2. The minimum absolute atomic E-state index is 0.0681. The van der Waals surface area contributed by atoms with Gasteiger partial charge >= 0.3 is 36.3 Å². The van der Waals surface area contributed by atoms with Crippen molar-refractivity contribution in [1.82, 2.24) is 29.4 Å². The van der Waals surface area contributed by atoms with Gasteiger partial charge in [-0.2, -0.15) is 41.3 Å². The number of benzene rings is 4. The van der Waals surface area contributed by atoms with Gasteiger partial charge in [-0.3, -0.25) is 20.2 Å². The summed E-state index contributed by atoms with van der Waals surface area (Å²) in [5.41, 5.74) is -3.78. The Morgan fingerprint density at radius 3 is 1.92 bits per heavy atom. The van der Waals surface area contributed by atoms with Crippen molar-refractivity contribution in [2.75, 3.05) is 25.8 Å². The number of amides is 3. The number of rotatable bonds is 15. The molecule has 2 heterocycles. The van der Waals surface area contributed by atoms with E-state index in [1.54, 1.807) is 9.44 Å². The number of sulfonamides is 2. The molecule has 3 amide bonds. The molecule has 0 aliphatic carbocycles. The molecule has 0 aliphatic rings. The number of halogens is 9. The number of methoxy groups -OCH3 is 2. The Hall–Kier alpha value is -7.89. The number of nitrogens with zero attached hydrogens (tertiary/aromatic N) is 5. The van der Waals surface area contributed by atoms with Crippen molar-refractivity contribution in [2.45, 2.75) is 37.2 Å². The van der Waals surface area contributed by atoms with Crippen LogP contribution in [0.5, 0.6) is 34.9 Å². The van der Waals surface area contributed by atoms with E-state index in [-0.39, 0.29) is 45.9 Å². The van der Waals surface area contributed by atoms with Crippen LogP contribution in [0.15, 0.2) is 96.0 Å². The van der Waals surface area contributed by atoms with Crippen molar-refractivity contribution in [3.05, 3.63) is 143 Å². The van der Waals surface area contributed by atoms with Crippen LogP contribution in [0.4, 0.5) is 42.8 Å². The molecule has 0 fully saturated rings. The summed E-state index contributed by atoms with van der Waals surface area (Å²) >= 11 is 13.4. The van der Waals surface area contributed by atoms with Gasteiger partial charge in [-0.05, 0) is 109 Å². The van der Waals surface area contributed by atoms with Gasteiger partial charge in [0.05, 0.1) is 47.1 Å². The number of hydrogen-bond donors (Lipinski definition) is 4. The molecule has 0 spiro atoms. The Morgan fingerprint density at radius 2 is 1.38 bits per heavy atom. The minimum atomic E-state index is -4.62. The first-order valence-corrected chi connectivity index (χ1v) is 26.0. The third kappa shape index (κ3) is 19.2. The molecule has 6 rings (SSSR count). The van der Waals surface area contributed by atoms with Crippen LogP contribution in [-0.2, 0) is 41.9 Å². The predicted octanol–water partition coefficient (Wildman–Crippen LogP) is 9.24. The first-order chi connectivity index (χ1) is 36.6. The molecule has 0 radical (unpaired) electrons. The summed E-state index contributed by atoms with van der Waals surface area (Å²) in [5, 5.41) is 21.7. The average molecular weight is 1310 g/mol. The number of nitro groups is 1. The normalized spacial score (nSPS) is 11.7. The first-order valence-electron chi connectivity index (χ1n) is 20.8. The van der Waals surface area contributed by atoms with Crippen molar-refractivity contribution in [3.8, 4) is 34.9 Å². The third-order valence-electron chi connectivity index (χ3n) is 9.02. The van der Waals surface area contributed by atoms with Gasteiger partial charge in [-0.25, -0.2) is 45.6 Å². The van der Waals surface area contributed by atoms with Crippen molar-refractivity contribution in [2.24, 2.45) is 0 Å². The van der Waals surface area contributed by atoms with E-state index in [1.807, 2.05) is 22.6 Å². The smallest absolute Gasteiger partial charge is 0.417 e. The van der Waals surface area contributed by atoms with Gasteiger partial charge in [-0.15, -0.1) is 0 Å². The number of esters is 1. The molecule has 4 N–H and O–H groups in total. The molecule has 2 aromatic heterocycles. The Labute approximate surface area is 465 Å². The number of aromatic nitrogens is 4. The summed E-state index contributed by atoms with van der Waals surface area (Å²) in [6.45, 7) is 3.05. The molecule has 1 atom stereocenters. The van der Waals surface area contributed by atoms with E-state index in [1.165, 1.54) is 58.4 Å². The number of carboxylic acids is 1. The van der Waals surface area contributed by atoms with Crippen LogP contribution in [0.3, 0.4) is 0 Å². The highest BCUT2D eigenvalue weighted by Gasteiger charge is 2.33. The number of alkyl halides is 6. The number of carbonyl (C=O) groups excluding carboxylic acids is 3. The fraction of sp³-hybridized carbons (Fsp3) is 0.182. The Bertz CT molecular complexity index is 3520. The number of anilines is 1. The van der Waals surface area contributed by atoms with E-state index in [0.29, 0.717) is 33.9 Å². The maximum Gasteiger partial charge on any atom is 0.417 e. The second kappa shape index (κ2) is 26.6. The summed E-state index contributed by atoms with van der Waals surface area (Å²) in [5.74, 6) is -3.14. The van der Waals surface area contributed by atoms with Crippen LogP contribution in [0, 0.1) is 20.6 Å². The van der Waals surface area contributed by atoms with E-state index in [9.17, 15) is 72.5 Å². The largest absolute Gasteiger partial charge is 0.479 e. The molecule has 0 aliphatic heterocycles. The highest BCUT2D eigenvalue weighted by Crippen LogP contribution is 2.38. The first kappa shape index (κ1) is 63.6. The molecule has 4 aromatic carbocycles. The molecule has 24 nitrogen and oxygen atoms in total. The lowest BCUT2D eigenvalue weighted by Crippen LogP contribution is -2.35. The Balaban J connectivity index is 0.000000256. The van der Waals surface area contributed by atoms with Crippen LogP contribution < -0.4 is 33.7 Å². The van der Waals surface area contributed by atoms with Crippen LogP contribution in [0.2, 0.25) is 10.0 Å². The zero-order valence-corrected chi connectivity index (χ0v) is 45.6. The predicted molar refractivity (Wildman–Crippen MR) is 271 cm³/mol. The summed E-state index contributed by atoms with van der Waals surface area (Å²) in [6, 6.07) is 14.3. The number of carboxylic acid groups (broad SMARTS) is 1. The lowest BCUT2D eigenvalue weighted by atomic mass is 10.1. The van der Waals surface area contributed by atoms with E-state index < -0.39 is 105 Å². The SMILES string of the molecule is COC(=O)[C@@H](C)Oc1ccc(Oc2ncc(C(F)(F)F)cc2Cl)cc1.COc1nc(C)nc(NC(=O)NS(=O)(=O)c2cc(I)ccc2C(=O)O)n1.CS(=O)(=O)NC(=O)c1cc(Oc2ccc(C(F)(F)F)cc2Cl)ccc1[N+](=O)[O-]. The van der Waals surface area contributed by atoms with Crippen LogP contribution in [-0.4, -0.2) is 97.3 Å². The number of urea groups is 1. The number of ether oxygens (including phenoxy) is 5. The number of nitro benzene ring substituents is 1. The number of carbonyl (C=O) groups is 4.